The quantitative estimate of drug-likeness (QED) is 0.820. The summed E-state index contributed by atoms with van der Waals surface area (Å²) in [6, 6.07) is 16.2. The van der Waals surface area contributed by atoms with Crippen molar-refractivity contribution in [3.8, 4) is 0 Å². The number of carbonyl (C=O) groups is 1. The van der Waals surface area contributed by atoms with Crippen molar-refractivity contribution in [1.29, 1.82) is 0 Å². The van der Waals surface area contributed by atoms with Gasteiger partial charge < -0.3 is 4.90 Å². The largest absolute Gasteiger partial charge is 0.311 e. The van der Waals surface area contributed by atoms with Gasteiger partial charge in [0.05, 0.1) is 6.54 Å². The molecule has 0 spiro atoms. The lowest BCUT2D eigenvalue weighted by atomic mass is 10.0. The molecule has 2 aromatic carbocycles. The van der Waals surface area contributed by atoms with Crippen LogP contribution in [-0.4, -0.2) is 10.8 Å². The Morgan fingerprint density at radius 1 is 1.10 bits per heavy atom. The van der Waals surface area contributed by atoms with Crippen LogP contribution in [-0.2, 0) is 13.0 Å². The Labute approximate surface area is 125 Å². The van der Waals surface area contributed by atoms with E-state index in [4.69, 9.17) is 0 Å². The van der Waals surface area contributed by atoms with E-state index in [0.717, 1.165) is 18.4 Å². The summed E-state index contributed by atoms with van der Waals surface area (Å²) in [7, 11) is 0. The van der Waals surface area contributed by atoms with E-state index in [2.05, 4.69) is 31.2 Å². The molecule has 0 fully saturated rings. The smallest absolute Gasteiger partial charge is 0.258 e. The lowest BCUT2D eigenvalue weighted by Gasteiger charge is -2.23. The molecule has 2 heteroatoms. The van der Waals surface area contributed by atoms with Crippen LogP contribution < -0.4 is 0 Å². The van der Waals surface area contributed by atoms with Crippen molar-refractivity contribution in [2.45, 2.75) is 26.3 Å². The average Bonchev–Trinajstić information content (AvgIpc) is 2.55. The van der Waals surface area contributed by atoms with E-state index in [0.29, 0.717) is 6.54 Å². The van der Waals surface area contributed by atoms with Crippen LogP contribution in [0.3, 0.4) is 0 Å². The second-order valence-electron chi connectivity index (χ2n) is 5.39. The molecule has 1 heterocycles. The first-order valence-corrected chi connectivity index (χ1v) is 7.44. The number of carbonyl (C=O) groups excluding carboxylic acids is 1. The first-order valence-electron chi connectivity index (χ1n) is 7.44. The first kappa shape index (κ1) is 13.6. The molecule has 0 N–H and O–H groups in total. The van der Waals surface area contributed by atoms with Crippen LogP contribution in [0.1, 0.15) is 40.4 Å². The molecule has 1 aliphatic rings. The van der Waals surface area contributed by atoms with Gasteiger partial charge in [-0.2, -0.15) is 0 Å². The Morgan fingerprint density at radius 3 is 2.62 bits per heavy atom. The Kier molecular flexibility index (Phi) is 3.87. The van der Waals surface area contributed by atoms with E-state index < -0.39 is 0 Å². The molecule has 0 saturated carbocycles. The minimum atomic E-state index is 0.0591. The number of amides is 1. The molecule has 2 aromatic rings. The minimum Gasteiger partial charge on any atom is -0.311 e. The molecule has 21 heavy (non-hydrogen) atoms. The number of hydrogen-bond donors (Lipinski definition) is 0. The number of aryl methyl sites for hydroxylation is 1. The Morgan fingerprint density at radius 2 is 1.86 bits per heavy atom. The molecule has 0 aliphatic carbocycles. The summed E-state index contributed by atoms with van der Waals surface area (Å²) in [5.41, 5.74) is 4.42. The number of benzene rings is 2. The molecular weight excluding hydrogens is 258 g/mol. The van der Waals surface area contributed by atoms with Crippen LogP contribution in [0.4, 0.5) is 0 Å². The second kappa shape index (κ2) is 5.96. The van der Waals surface area contributed by atoms with Gasteiger partial charge in [-0.1, -0.05) is 49.7 Å². The molecule has 0 unspecified atom stereocenters. The summed E-state index contributed by atoms with van der Waals surface area (Å²) in [5.74, 6) is 0.0591. The van der Waals surface area contributed by atoms with Gasteiger partial charge in [-0.25, -0.2) is 0 Å². The van der Waals surface area contributed by atoms with Gasteiger partial charge in [0, 0.05) is 11.8 Å². The van der Waals surface area contributed by atoms with Gasteiger partial charge >= 0.3 is 0 Å². The summed E-state index contributed by atoms with van der Waals surface area (Å²) in [6.07, 6.45) is 6.07. The van der Waals surface area contributed by atoms with Gasteiger partial charge in [0.15, 0.2) is 0 Å². The first-order chi connectivity index (χ1) is 10.3. The highest BCUT2D eigenvalue weighted by Crippen LogP contribution is 2.21. The Hall–Kier alpha value is -2.35. The lowest BCUT2D eigenvalue weighted by Crippen LogP contribution is -2.27. The van der Waals surface area contributed by atoms with Crippen molar-refractivity contribution in [2.75, 3.05) is 0 Å². The number of hydrogen-bond acceptors (Lipinski definition) is 1. The highest BCUT2D eigenvalue weighted by atomic mass is 16.2. The molecule has 1 aliphatic heterocycles. The zero-order valence-electron chi connectivity index (χ0n) is 12.3. The standard InChI is InChI=1S/C19H19NO/c1-2-5-15-8-10-17(11-9-15)19(21)20-13-12-16-6-3-4-7-18(16)14-20/h3-4,6-13H,2,5,14H2,1H3. The van der Waals surface area contributed by atoms with Gasteiger partial charge in [0.2, 0.25) is 0 Å². The molecule has 0 aromatic heterocycles. The molecule has 0 saturated heterocycles. The summed E-state index contributed by atoms with van der Waals surface area (Å²) in [6.45, 7) is 2.80. The molecule has 0 bridgehead atoms. The zero-order valence-corrected chi connectivity index (χ0v) is 12.3. The van der Waals surface area contributed by atoms with Gasteiger partial charge in [0.1, 0.15) is 0 Å². The molecule has 0 atom stereocenters. The fraction of sp³-hybridized carbons (Fsp3) is 0.211. The van der Waals surface area contributed by atoms with Crippen LogP contribution in [0.15, 0.2) is 54.7 Å². The Bertz CT molecular complexity index is 670. The predicted molar refractivity (Wildman–Crippen MR) is 85.8 cm³/mol. The fourth-order valence-electron chi connectivity index (χ4n) is 2.66. The minimum absolute atomic E-state index is 0.0591. The molecular formula is C19H19NO. The van der Waals surface area contributed by atoms with Crippen molar-refractivity contribution in [1.82, 2.24) is 4.90 Å². The third-order valence-electron chi connectivity index (χ3n) is 3.83. The van der Waals surface area contributed by atoms with Crippen LogP contribution in [0, 0.1) is 0 Å². The third kappa shape index (κ3) is 2.89. The fourth-order valence-corrected chi connectivity index (χ4v) is 2.66. The summed E-state index contributed by atoms with van der Waals surface area (Å²) in [4.78, 5) is 14.3. The van der Waals surface area contributed by atoms with E-state index >= 15 is 0 Å². The van der Waals surface area contributed by atoms with Gasteiger partial charge in [-0.3, -0.25) is 4.79 Å². The van der Waals surface area contributed by atoms with Gasteiger partial charge in [0.25, 0.3) is 5.91 Å². The Balaban J connectivity index is 1.77. The number of fused-ring (bicyclic) bond motifs is 1. The molecule has 1 amide bonds. The van der Waals surface area contributed by atoms with Crippen molar-refractivity contribution in [2.24, 2.45) is 0 Å². The maximum Gasteiger partial charge on any atom is 0.258 e. The molecule has 2 nitrogen and oxygen atoms in total. The van der Waals surface area contributed by atoms with E-state index in [-0.39, 0.29) is 5.91 Å². The summed E-state index contributed by atoms with van der Waals surface area (Å²) in [5, 5.41) is 0. The van der Waals surface area contributed by atoms with E-state index in [1.165, 1.54) is 16.7 Å². The van der Waals surface area contributed by atoms with Gasteiger partial charge in [-0.15, -0.1) is 0 Å². The van der Waals surface area contributed by atoms with Crippen molar-refractivity contribution < 1.29 is 4.79 Å². The summed E-state index contributed by atoms with van der Waals surface area (Å²) < 4.78 is 0. The molecule has 0 radical (unpaired) electrons. The topological polar surface area (TPSA) is 20.3 Å². The number of nitrogens with zero attached hydrogens (tertiary/aromatic N) is 1. The van der Waals surface area contributed by atoms with Crippen LogP contribution in [0.25, 0.3) is 6.08 Å². The van der Waals surface area contributed by atoms with E-state index in [1.807, 2.05) is 36.5 Å². The van der Waals surface area contributed by atoms with Crippen LogP contribution in [0.2, 0.25) is 0 Å². The zero-order chi connectivity index (χ0) is 14.7. The van der Waals surface area contributed by atoms with Crippen molar-refractivity contribution in [3.05, 3.63) is 77.0 Å². The van der Waals surface area contributed by atoms with E-state index in [1.54, 1.807) is 4.90 Å². The second-order valence-corrected chi connectivity index (χ2v) is 5.39. The monoisotopic (exact) mass is 277 g/mol. The number of rotatable bonds is 3. The maximum atomic E-state index is 12.6. The van der Waals surface area contributed by atoms with E-state index in [9.17, 15) is 4.79 Å². The van der Waals surface area contributed by atoms with Gasteiger partial charge in [-0.05, 0) is 41.3 Å². The highest BCUT2D eigenvalue weighted by molar-refractivity contribution is 5.95. The highest BCUT2D eigenvalue weighted by Gasteiger charge is 2.17. The lowest BCUT2D eigenvalue weighted by molar-refractivity contribution is 0.0813. The SMILES string of the molecule is CCCc1ccc(C(=O)N2C=Cc3ccccc3C2)cc1. The normalized spacial score (nSPS) is 13.1. The third-order valence-corrected chi connectivity index (χ3v) is 3.83. The van der Waals surface area contributed by atoms with Crippen LogP contribution >= 0.6 is 0 Å². The molecule has 106 valence electrons. The van der Waals surface area contributed by atoms with Crippen molar-refractivity contribution in [3.63, 3.8) is 0 Å². The average molecular weight is 277 g/mol. The maximum absolute atomic E-state index is 12.6. The van der Waals surface area contributed by atoms with Crippen molar-refractivity contribution >= 4 is 12.0 Å². The molecule has 3 rings (SSSR count). The van der Waals surface area contributed by atoms with Crippen LogP contribution in [0.5, 0.6) is 0 Å². The summed E-state index contributed by atoms with van der Waals surface area (Å²) >= 11 is 0. The predicted octanol–water partition coefficient (Wildman–Crippen LogP) is 4.27.